The molecule has 1 unspecified atom stereocenters. The Morgan fingerprint density at radius 1 is 0.761 bits per heavy atom. The fourth-order valence-corrected chi connectivity index (χ4v) is 6.25. The Morgan fingerprint density at radius 2 is 1.26 bits per heavy atom. The summed E-state index contributed by atoms with van der Waals surface area (Å²) in [5, 5.41) is 2.83. The molecule has 1 amide bonds. The standard InChI is InChI=1S/C38H43IN2O3.C2H6/c1-26-5-9-28(10-6-26)29-15-23-35(24-16-29)43-34-21-7-27(8-22-34)25-36(31-13-19-33(41-39)20-14-31)30-11-17-32(18-12-30)40-37(42)44-38(2,3)4;1-2/h7-8,11-24,26,28,36,41H,5-6,9-10,25H2,1-4H3,(H,40,42);1-2H3. The Balaban J connectivity index is 0.00000235. The number of amides is 1. The Hall–Kier alpha value is -3.52. The first kappa shape index (κ1) is 35.3. The van der Waals surface area contributed by atoms with Crippen molar-refractivity contribution in [3.63, 3.8) is 0 Å². The summed E-state index contributed by atoms with van der Waals surface area (Å²) in [4.78, 5) is 12.3. The van der Waals surface area contributed by atoms with Crippen LogP contribution in [-0.4, -0.2) is 11.7 Å². The number of anilines is 2. The molecule has 1 atom stereocenters. The van der Waals surface area contributed by atoms with E-state index in [1.54, 1.807) is 0 Å². The quantitative estimate of drug-likeness (QED) is 0.133. The molecular formula is C40H49IN2O3. The van der Waals surface area contributed by atoms with Crippen LogP contribution in [0.4, 0.5) is 16.2 Å². The summed E-state index contributed by atoms with van der Waals surface area (Å²) in [6.07, 6.45) is 5.60. The zero-order valence-corrected chi connectivity index (χ0v) is 30.3. The number of hydrogen-bond acceptors (Lipinski definition) is 4. The second kappa shape index (κ2) is 16.9. The second-order valence-corrected chi connectivity index (χ2v) is 13.5. The number of benzene rings is 4. The lowest BCUT2D eigenvalue weighted by molar-refractivity contribution is 0.0636. The lowest BCUT2D eigenvalue weighted by Gasteiger charge is -2.26. The maximum absolute atomic E-state index is 12.3. The van der Waals surface area contributed by atoms with Crippen molar-refractivity contribution < 1.29 is 14.3 Å². The molecule has 0 spiro atoms. The van der Waals surface area contributed by atoms with Gasteiger partial charge in [-0.05, 0) is 123 Å². The van der Waals surface area contributed by atoms with E-state index in [2.05, 4.69) is 124 Å². The first-order valence-electron chi connectivity index (χ1n) is 16.6. The number of nitrogens with one attached hydrogen (secondary N) is 2. The van der Waals surface area contributed by atoms with Gasteiger partial charge < -0.3 is 13.0 Å². The molecule has 1 aliphatic rings. The van der Waals surface area contributed by atoms with Crippen LogP contribution < -0.4 is 13.6 Å². The molecule has 4 aromatic carbocycles. The van der Waals surface area contributed by atoms with Crippen LogP contribution in [0.3, 0.4) is 0 Å². The first-order chi connectivity index (χ1) is 22.1. The molecule has 244 valence electrons. The predicted octanol–water partition coefficient (Wildman–Crippen LogP) is 12.3. The van der Waals surface area contributed by atoms with Gasteiger partial charge in [0.25, 0.3) is 0 Å². The van der Waals surface area contributed by atoms with Crippen LogP contribution in [0, 0.1) is 5.92 Å². The third kappa shape index (κ3) is 10.5. The van der Waals surface area contributed by atoms with Crippen molar-refractivity contribution in [3.05, 3.63) is 119 Å². The van der Waals surface area contributed by atoms with E-state index in [1.807, 2.05) is 46.8 Å². The van der Waals surface area contributed by atoms with E-state index in [9.17, 15) is 4.79 Å². The Labute approximate surface area is 290 Å². The minimum atomic E-state index is -0.549. The topological polar surface area (TPSA) is 59.6 Å². The number of hydrogen-bond donors (Lipinski definition) is 2. The van der Waals surface area contributed by atoms with Gasteiger partial charge in [-0.3, -0.25) is 5.32 Å². The highest BCUT2D eigenvalue weighted by Crippen LogP contribution is 2.37. The average Bonchev–Trinajstić information content (AvgIpc) is 3.06. The highest BCUT2D eigenvalue weighted by molar-refractivity contribution is 14.1. The van der Waals surface area contributed by atoms with Gasteiger partial charge in [-0.25, -0.2) is 4.79 Å². The van der Waals surface area contributed by atoms with Crippen LogP contribution >= 0.6 is 22.9 Å². The van der Waals surface area contributed by atoms with E-state index < -0.39 is 11.7 Å². The molecule has 0 aliphatic heterocycles. The van der Waals surface area contributed by atoms with Crippen LogP contribution in [0.5, 0.6) is 11.5 Å². The van der Waals surface area contributed by atoms with E-state index >= 15 is 0 Å². The molecule has 6 heteroatoms. The SMILES string of the molecule is CC.CC1CCC(c2ccc(Oc3ccc(CC(c4ccc(NI)cc4)c4ccc(NC(=O)OC(C)(C)C)cc4)cc3)cc2)CC1. The number of carbonyl (C=O) groups is 1. The van der Waals surface area contributed by atoms with Gasteiger partial charge in [-0.2, -0.15) is 0 Å². The molecular weight excluding hydrogens is 683 g/mol. The molecule has 1 saturated carbocycles. The van der Waals surface area contributed by atoms with Crippen molar-refractivity contribution in [2.24, 2.45) is 5.92 Å². The normalized spacial score (nSPS) is 16.8. The highest BCUT2D eigenvalue weighted by atomic mass is 127. The summed E-state index contributed by atoms with van der Waals surface area (Å²) in [7, 11) is 0. The molecule has 0 heterocycles. The zero-order chi connectivity index (χ0) is 33.1. The highest BCUT2D eigenvalue weighted by Gasteiger charge is 2.20. The molecule has 0 saturated heterocycles. The maximum Gasteiger partial charge on any atom is 0.412 e. The first-order valence-corrected chi connectivity index (χ1v) is 17.7. The fourth-order valence-electron chi connectivity index (χ4n) is 5.89. The van der Waals surface area contributed by atoms with E-state index in [4.69, 9.17) is 9.47 Å². The van der Waals surface area contributed by atoms with Gasteiger partial charge in [0.15, 0.2) is 0 Å². The van der Waals surface area contributed by atoms with Gasteiger partial charge in [-0.15, -0.1) is 0 Å². The molecule has 0 aromatic heterocycles. The van der Waals surface area contributed by atoms with Crippen LogP contribution in [0.15, 0.2) is 97.1 Å². The summed E-state index contributed by atoms with van der Waals surface area (Å²) in [5.74, 6) is 3.38. The molecule has 5 nitrogen and oxygen atoms in total. The van der Waals surface area contributed by atoms with Crippen molar-refractivity contribution in [1.29, 1.82) is 0 Å². The van der Waals surface area contributed by atoms with E-state index in [-0.39, 0.29) is 5.92 Å². The summed E-state index contributed by atoms with van der Waals surface area (Å²) >= 11 is 2.15. The number of halogens is 1. The number of rotatable bonds is 9. The molecule has 0 bridgehead atoms. The second-order valence-electron chi connectivity index (χ2n) is 13.0. The molecule has 0 radical (unpaired) electrons. The Kier molecular flexibility index (Phi) is 13.0. The Morgan fingerprint density at radius 3 is 1.76 bits per heavy atom. The van der Waals surface area contributed by atoms with Gasteiger partial charge in [0, 0.05) is 17.3 Å². The summed E-state index contributed by atoms with van der Waals surface area (Å²) in [6, 6.07) is 33.7. The van der Waals surface area contributed by atoms with Crippen molar-refractivity contribution in [3.8, 4) is 11.5 Å². The number of carbonyl (C=O) groups excluding carboxylic acids is 1. The molecule has 2 N–H and O–H groups in total. The monoisotopic (exact) mass is 732 g/mol. The van der Waals surface area contributed by atoms with Crippen molar-refractivity contribution in [2.75, 3.05) is 8.85 Å². The smallest absolute Gasteiger partial charge is 0.412 e. The molecule has 46 heavy (non-hydrogen) atoms. The predicted molar refractivity (Wildman–Crippen MR) is 201 cm³/mol. The zero-order valence-electron chi connectivity index (χ0n) is 28.1. The minimum absolute atomic E-state index is 0.135. The molecule has 4 aromatic rings. The lowest BCUT2D eigenvalue weighted by atomic mass is 9.79. The maximum atomic E-state index is 12.3. The summed E-state index contributed by atoms with van der Waals surface area (Å²) in [5.41, 5.74) is 6.26. The molecule has 1 aliphatic carbocycles. The number of ether oxygens (including phenoxy) is 2. The van der Waals surface area contributed by atoms with Crippen molar-refractivity contribution >= 4 is 40.3 Å². The van der Waals surface area contributed by atoms with Crippen LogP contribution in [0.1, 0.15) is 101 Å². The van der Waals surface area contributed by atoms with Gasteiger partial charge in [0.2, 0.25) is 0 Å². The van der Waals surface area contributed by atoms with Crippen molar-refractivity contribution in [1.82, 2.24) is 0 Å². The van der Waals surface area contributed by atoms with E-state index in [1.165, 1.54) is 47.9 Å². The average molecular weight is 733 g/mol. The van der Waals surface area contributed by atoms with E-state index in [0.717, 1.165) is 29.5 Å². The van der Waals surface area contributed by atoms with E-state index in [0.29, 0.717) is 11.6 Å². The van der Waals surface area contributed by atoms with Crippen LogP contribution in [0.2, 0.25) is 0 Å². The van der Waals surface area contributed by atoms with Crippen LogP contribution in [0.25, 0.3) is 0 Å². The lowest BCUT2D eigenvalue weighted by Crippen LogP contribution is -2.27. The summed E-state index contributed by atoms with van der Waals surface area (Å²) in [6.45, 7) is 11.9. The fraction of sp³-hybridized carbons (Fsp3) is 0.375. The minimum Gasteiger partial charge on any atom is -0.457 e. The third-order valence-corrected chi connectivity index (χ3v) is 8.97. The van der Waals surface area contributed by atoms with Crippen LogP contribution in [-0.2, 0) is 11.2 Å². The van der Waals surface area contributed by atoms with Gasteiger partial charge in [-0.1, -0.05) is 82.1 Å². The van der Waals surface area contributed by atoms with Gasteiger partial charge >= 0.3 is 6.09 Å². The third-order valence-electron chi connectivity index (χ3n) is 8.35. The Bertz CT molecular complexity index is 1490. The summed E-state index contributed by atoms with van der Waals surface area (Å²) < 4.78 is 14.8. The van der Waals surface area contributed by atoms with Gasteiger partial charge in [0.05, 0.1) is 22.9 Å². The van der Waals surface area contributed by atoms with Crippen molar-refractivity contribution in [2.45, 2.75) is 91.1 Å². The largest absolute Gasteiger partial charge is 0.457 e. The molecule has 5 rings (SSSR count). The van der Waals surface area contributed by atoms with Gasteiger partial charge in [0.1, 0.15) is 17.1 Å². The molecule has 1 fully saturated rings.